The van der Waals surface area contributed by atoms with Crippen molar-refractivity contribution >= 4 is 10.0 Å². The van der Waals surface area contributed by atoms with Crippen molar-refractivity contribution in [2.75, 3.05) is 6.54 Å². The SMILES string of the molecule is O=S(=O)(c1ccoc1)N1CCCC1c1ncccn1. The molecule has 1 unspecified atom stereocenters. The van der Waals surface area contributed by atoms with E-state index in [0.29, 0.717) is 12.4 Å². The van der Waals surface area contributed by atoms with Crippen LogP contribution in [-0.4, -0.2) is 29.2 Å². The van der Waals surface area contributed by atoms with Gasteiger partial charge in [0.25, 0.3) is 0 Å². The molecule has 0 spiro atoms. The van der Waals surface area contributed by atoms with E-state index in [1.807, 2.05) is 0 Å². The Morgan fingerprint density at radius 3 is 2.79 bits per heavy atom. The zero-order valence-corrected chi connectivity index (χ0v) is 11.0. The zero-order chi connectivity index (χ0) is 13.3. The maximum absolute atomic E-state index is 12.5. The number of furan rings is 1. The van der Waals surface area contributed by atoms with Gasteiger partial charge < -0.3 is 4.42 Å². The van der Waals surface area contributed by atoms with Gasteiger partial charge in [-0.15, -0.1) is 0 Å². The van der Waals surface area contributed by atoms with Crippen molar-refractivity contribution in [3.63, 3.8) is 0 Å². The van der Waals surface area contributed by atoms with Crippen molar-refractivity contribution in [3.8, 4) is 0 Å². The molecule has 6 nitrogen and oxygen atoms in total. The molecule has 1 aliphatic heterocycles. The predicted molar refractivity (Wildman–Crippen MR) is 66.6 cm³/mol. The first kappa shape index (κ1) is 12.3. The molecule has 2 aromatic heterocycles. The van der Waals surface area contributed by atoms with E-state index in [2.05, 4.69) is 9.97 Å². The molecule has 0 aromatic carbocycles. The van der Waals surface area contributed by atoms with Crippen molar-refractivity contribution in [2.24, 2.45) is 0 Å². The summed E-state index contributed by atoms with van der Waals surface area (Å²) in [6, 6.07) is 2.88. The largest absolute Gasteiger partial charge is 0.471 e. The van der Waals surface area contributed by atoms with Gasteiger partial charge in [0, 0.05) is 18.9 Å². The normalized spacial score (nSPS) is 20.7. The maximum Gasteiger partial charge on any atom is 0.246 e. The molecule has 2 aromatic rings. The lowest BCUT2D eigenvalue weighted by Gasteiger charge is -2.21. The lowest BCUT2D eigenvalue weighted by molar-refractivity contribution is 0.382. The molecule has 3 rings (SSSR count). The minimum atomic E-state index is -3.53. The van der Waals surface area contributed by atoms with Crippen LogP contribution in [-0.2, 0) is 10.0 Å². The van der Waals surface area contributed by atoms with Gasteiger partial charge in [0.05, 0.1) is 12.3 Å². The molecule has 1 atom stereocenters. The Balaban J connectivity index is 1.97. The molecule has 0 amide bonds. The fraction of sp³-hybridized carbons (Fsp3) is 0.333. The van der Waals surface area contributed by atoms with Crippen LogP contribution >= 0.6 is 0 Å². The number of rotatable bonds is 3. The minimum Gasteiger partial charge on any atom is -0.471 e. The first-order valence-corrected chi connectivity index (χ1v) is 7.44. The molecule has 19 heavy (non-hydrogen) atoms. The van der Waals surface area contributed by atoms with Crippen molar-refractivity contribution in [3.05, 3.63) is 42.9 Å². The Labute approximate surface area is 111 Å². The molecule has 0 saturated carbocycles. The van der Waals surface area contributed by atoms with Gasteiger partial charge in [-0.1, -0.05) is 0 Å². The molecular formula is C12H13N3O3S. The molecule has 0 N–H and O–H groups in total. The van der Waals surface area contributed by atoms with Gasteiger partial charge in [-0.25, -0.2) is 18.4 Å². The monoisotopic (exact) mass is 279 g/mol. The van der Waals surface area contributed by atoms with E-state index >= 15 is 0 Å². The Bertz CT molecular complexity index is 640. The summed E-state index contributed by atoms with van der Waals surface area (Å²) in [7, 11) is -3.53. The van der Waals surface area contributed by atoms with Crippen LogP contribution < -0.4 is 0 Å². The van der Waals surface area contributed by atoms with Crippen molar-refractivity contribution in [2.45, 2.75) is 23.8 Å². The van der Waals surface area contributed by atoms with E-state index in [1.54, 1.807) is 18.5 Å². The molecule has 1 aliphatic rings. The van der Waals surface area contributed by atoms with Crippen LogP contribution in [0.1, 0.15) is 24.7 Å². The lowest BCUT2D eigenvalue weighted by Crippen LogP contribution is -2.31. The highest BCUT2D eigenvalue weighted by molar-refractivity contribution is 7.89. The molecule has 3 heterocycles. The van der Waals surface area contributed by atoms with Crippen LogP contribution in [0.5, 0.6) is 0 Å². The van der Waals surface area contributed by atoms with E-state index in [4.69, 9.17) is 4.42 Å². The Morgan fingerprint density at radius 2 is 2.11 bits per heavy atom. The van der Waals surface area contributed by atoms with Crippen LogP contribution in [0, 0.1) is 0 Å². The van der Waals surface area contributed by atoms with Crippen molar-refractivity contribution < 1.29 is 12.8 Å². The number of nitrogens with zero attached hydrogens (tertiary/aromatic N) is 3. The van der Waals surface area contributed by atoms with Crippen LogP contribution in [0.3, 0.4) is 0 Å². The van der Waals surface area contributed by atoms with E-state index in [9.17, 15) is 8.42 Å². The molecule has 100 valence electrons. The fourth-order valence-corrected chi connectivity index (χ4v) is 3.88. The highest BCUT2D eigenvalue weighted by atomic mass is 32.2. The topological polar surface area (TPSA) is 76.3 Å². The number of hydrogen-bond acceptors (Lipinski definition) is 5. The molecule has 0 bridgehead atoms. The van der Waals surface area contributed by atoms with E-state index in [0.717, 1.165) is 12.8 Å². The van der Waals surface area contributed by atoms with Gasteiger partial charge in [0.15, 0.2) is 0 Å². The Morgan fingerprint density at radius 1 is 1.32 bits per heavy atom. The minimum absolute atomic E-state index is 0.176. The third kappa shape index (κ3) is 2.15. The Kier molecular flexibility index (Phi) is 3.08. The lowest BCUT2D eigenvalue weighted by atomic mass is 10.2. The summed E-state index contributed by atoms with van der Waals surface area (Å²) in [5.41, 5.74) is 0. The first-order valence-electron chi connectivity index (χ1n) is 6.00. The summed E-state index contributed by atoms with van der Waals surface area (Å²) >= 11 is 0. The van der Waals surface area contributed by atoms with Gasteiger partial charge >= 0.3 is 0 Å². The van der Waals surface area contributed by atoms with Crippen molar-refractivity contribution in [1.29, 1.82) is 0 Å². The average Bonchev–Trinajstić information content (AvgIpc) is 3.11. The first-order chi connectivity index (χ1) is 9.19. The maximum atomic E-state index is 12.5. The van der Waals surface area contributed by atoms with Gasteiger partial charge in [0.1, 0.15) is 17.0 Å². The van der Waals surface area contributed by atoms with Gasteiger partial charge in [0.2, 0.25) is 10.0 Å². The molecule has 0 radical (unpaired) electrons. The predicted octanol–water partition coefficient (Wildman–Crippen LogP) is 1.60. The molecule has 1 fully saturated rings. The summed E-state index contributed by atoms with van der Waals surface area (Å²) in [5.74, 6) is 0.548. The third-order valence-corrected chi connectivity index (χ3v) is 5.07. The van der Waals surface area contributed by atoms with Gasteiger partial charge in [-0.2, -0.15) is 4.31 Å². The molecule has 1 saturated heterocycles. The van der Waals surface area contributed by atoms with Crippen LogP contribution in [0.4, 0.5) is 0 Å². The summed E-state index contributed by atoms with van der Waals surface area (Å²) in [6.07, 6.45) is 7.40. The summed E-state index contributed by atoms with van der Waals surface area (Å²) in [5, 5.41) is 0. The average molecular weight is 279 g/mol. The second-order valence-electron chi connectivity index (χ2n) is 4.34. The highest BCUT2D eigenvalue weighted by Crippen LogP contribution is 2.34. The fourth-order valence-electron chi connectivity index (χ4n) is 2.30. The van der Waals surface area contributed by atoms with Gasteiger partial charge in [-0.3, -0.25) is 0 Å². The van der Waals surface area contributed by atoms with Crippen molar-refractivity contribution in [1.82, 2.24) is 14.3 Å². The zero-order valence-electron chi connectivity index (χ0n) is 10.1. The smallest absolute Gasteiger partial charge is 0.246 e. The Hall–Kier alpha value is -1.73. The van der Waals surface area contributed by atoms with E-state index < -0.39 is 10.0 Å². The number of sulfonamides is 1. The number of aromatic nitrogens is 2. The summed E-state index contributed by atoms with van der Waals surface area (Å²) in [6.45, 7) is 0.483. The van der Waals surface area contributed by atoms with Crippen LogP contribution in [0.2, 0.25) is 0 Å². The second kappa shape index (κ2) is 4.75. The quantitative estimate of drug-likeness (QED) is 0.852. The summed E-state index contributed by atoms with van der Waals surface area (Å²) in [4.78, 5) is 8.51. The van der Waals surface area contributed by atoms with Gasteiger partial charge in [-0.05, 0) is 25.0 Å². The summed E-state index contributed by atoms with van der Waals surface area (Å²) < 4.78 is 31.3. The standard InChI is InChI=1S/C12H13N3O3S/c16-19(17,10-4-8-18-9-10)15-7-1-3-11(15)12-13-5-2-6-14-12/h2,4-6,8-9,11H,1,3,7H2. The van der Waals surface area contributed by atoms with Crippen LogP contribution in [0.15, 0.2) is 46.4 Å². The molecular weight excluding hydrogens is 266 g/mol. The third-order valence-electron chi connectivity index (χ3n) is 3.19. The van der Waals surface area contributed by atoms with E-state index in [-0.39, 0.29) is 10.9 Å². The highest BCUT2D eigenvalue weighted by Gasteiger charge is 2.38. The number of hydrogen-bond donors (Lipinski definition) is 0. The molecule has 7 heteroatoms. The van der Waals surface area contributed by atoms with E-state index in [1.165, 1.54) is 22.9 Å². The molecule has 0 aliphatic carbocycles. The second-order valence-corrected chi connectivity index (χ2v) is 6.23. The van der Waals surface area contributed by atoms with Crippen LogP contribution in [0.25, 0.3) is 0 Å².